The van der Waals surface area contributed by atoms with Crippen molar-refractivity contribution < 1.29 is 0 Å². The summed E-state index contributed by atoms with van der Waals surface area (Å²) < 4.78 is 2.18. The van der Waals surface area contributed by atoms with Crippen molar-refractivity contribution in [2.45, 2.75) is 0 Å². The Morgan fingerprint density at radius 3 is 2.45 bits per heavy atom. The first-order valence-electron chi connectivity index (χ1n) is 6.01. The molecule has 2 aromatic heterocycles. The highest BCUT2D eigenvalue weighted by Gasteiger charge is 2.09. The van der Waals surface area contributed by atoms with Crippen LogP contribution >= 0.6 is 22.7 Å². The zero-order chi connectivity index (χ0) is 13.7. The van der Waals surface area contributed by atoms with Crippen molar-refractivity contribution in [1.82, 2.24) is 9.97 Å². The fourth-order valence-electron chi connectivity index (χ4n) is 2.14. The fraction of sp³-hybridized carbons (Fsp3) is 0. The molecule has 4 nitrogen and oxygen atoms in total. The zero-order valence-corrected chi connectivity index (χ0v) is 12.0. The van der Waals surface area contributed by atoms with E-state index in [0.717, 1.165) is 36.7 Å². The molecule has 20 heavy (non-hydrogen) atoms. The van der Waals surface area contributed by atoms with Gasteiger partial charge in [-0.05, 0) is 36.4 Å². The number of rotatable bonds is 1. The van der Waals surface area contributed by atoms with E-state index in [1.165, 1.54) is 11.3 Å². The monoisotopic (exact) mass is 298 g/mol. The van der Waals surface area contributed by atoms with Crippen LogP contribution in [0.2, 0.25) is 0 Å². The zero-order valence-electron chi connectivity index (χ0n) is 10.3. The number of aromatic nitrogens is 2. The highest BCUT2D eigenvalue weighted by Crippen LogP contribution is 2.34. The van der Waals surface area contributed by atoms with Gasteiger partial charge in [0.15, 0.2) is 5.13 Å². The molecule has 0 amide bonds. The average Bonchev–Trinajstić information content (AvgIpc) is 2.99. The number of nitrogens with two attached hydrogens (primary N) is 2. The van der Waals surface area contributed by atoms with Gasteiger partial charge in [0.2, 0.25) is 0 Å². The molecule has 0 aliphatic carbocycles. The lowest BCUT2D eigenvalue weighted by molar-refractivity contribution is 1.47. The Bertz CT molecular complexity index is 939. The van der Waals surface area contributed by atoms with Crippen molar-refractivity contribution >= 4 is 53.9 Å². The molecule has 0 bridgehead atoms. The van der Waals surface area contributed by atoms with E-state index in [1.807, 2.05) is 30.3 Å². The minimum absolute atomic E-state index is 0.592. The normalized spacial score (nSPS) is 11.4. The second-order valence-electron chi connectivity index (χ2n) is 4.48. The molecule has 0 aliphatic rings. The van der Waals surface area contributed by atoms with Crippen molar-refractivity contribution in [2.24, 2.45) is 0 Å². The SMILES string of the molecule is Nc1ccc2nc(-c3ccc4nc(N)sc4c3)sc2c1. The Morgan fingerprint density at radius 2 is 1.55 bits per heavy atom. The fourth-order valence-corrected chi connectivity index (χ4v) is 3.92. The van der Waals surface area contributed by atoms with Crippen LogP contribution in [0.25, 0.3) is 31.0 Å². The molecule has 4 rings (SSSR count). The minimum Gasteiger partial charge on any atom is -0.399 e. The highest BCUT2D eigenvalue weighted by atomic mass is 32.1. The van der Waals surface area contributed by atoms with Gasteiger partial charge in [-0.1, -0.05) is 11.3 Å². The summed E-state index contributed by atoms with van der Waals surface area (Å²) in [5, 5.41) is 1.58. The van der Waals surface area contributed by atoms with E-state index in [4.69, 9.17) is 11.5 Å². The van der Waals surface area contributed by atoms with Crippen molar-refractivity contribution in [2.75, 3.05) is 11.5 Å². The third-order valence-corrected chi connectivity index (χ3v) is 4.98. The standard InChI is InChI=1S/C14H10N4S2/c15-8-2-4-9-12(6-8)19-13(17-9)7-1-3-10-11(5-7)20-14(16)18-10/h1-6H,15H2,(H2,16,18). The van der Waals surface area contributed by atoms with Crippen LogP contribution in [0.3, 0.4) is 0 Å². The first kappa shape index (κ1) is 11.6. The third-order valence-electron chi connectivity index (χ3n) is 3.06. The summed E-state index contributed by atoms with van der Waals surface area (Å²) in [7, 11) is 0. The lowest BCUT2D eigenvalue weighted by atomic mass is 10.2. The molecular formula is C14H10N4S2. The summed E-state index contributed by atoms with van der Waals surface area (Å²) in [6, 6.07) is 11.9. The van der Waals surface area contributed by atoms with Crippen LogP contribution in [0.1, 0.15) is 0 Å². The summed E-state index contributed by atoms with van der Waals surface area (Å²) in [5.74, 6) is 0. The molecule has 0 aliphatic heterocycles. The smallest absolute Gasteiger partial charge is 0.181 e. The van der Waals surface area contributed by atoms with Gasteiger partial charge in [0.1, 0.15) is 5.01 Å². The maximum Gasteiger partial charge on any atom is 0.181 e. The van der Waals surface area contributed by atoms with Crippen molar-refractivity contribution in [3.05, 3.63) is 36.4 Å². The van der Waals surface area contributed by atoms with Crippen LogP contribution in [0.4, 0.5) is 10.8 Å². The van der Waals surface area contributed by atoms with Crippen molar-refractivity contribution in [1.29, 1.82) is 0 Å². The Labute approximate surface area is 122 Å². The molecule has 0 spiro atoms. The predicted octanol–water partition coefficient (Wildman–Crippen LogP) is 3.74. The van der Waals surface area contributed by atoms with E-state index in [9.17, 15) is 0 Å². The Hall–Kier alpha value is -2.18. The summed E-state index contributed by atoms with van der Waals surface area (Å²) in [6.07, 6.45) is 0. The van der Waals surface area contributed by atoms with Crippen LogP contribution in [0.15, 0.2) is 36.4 Å². The van der Waals surface area contributed by atoms with Gasteiger partial charge in [-0.2, -0.15) is 0 Å². The summed E-state index contributed by atoms with van der Waals surface area (Å²) in [4.78, 5) is 8.92. The van der Waals surface area contributed by atoms with Gasteiger partial charge in [-0.15, -0.1) is 11.3 Å². The van der Waals surface area contributed by atoms with E-state index >= 15 is 0 Å². The lowest BCUT2D eigenvalue weighted by Gasteiger charge is -1.94. The van der Waals surface area contributed by atoms with Gasteiger partial charge in [-0.3, -0.25) is 0 Å². The van der Waals surface area contributed by atoms with Crippen LogP contribution in [-0.4, -0.2) is 9.97 Å². The molecule has 2 heterocycles. The lowest BCUT2D eigenvalue weighted by Crippen LogP contribution is -1.81. The Balaban J connectivity index is 1.90. The Morgan fingerprint density at radius 1 is 0.800 bits per heavy atom. The molecule has 0 fully saturated rings. The van der Waals surface area contributed by atoms with Crippen LogP contribution in [0, 0.1) is 0 Å². The van der Waals surface area contributed by atoms with E-state index < -0.39 is 0 Å². The number of fused-ring (bicyclic) bond motifs is 2. The van der Waals surface area contributed by atoms with Gasteiger partial charge < -0.3 is 11.5 Å². The van der Waals surface area contributed by atoms with E-state index in [1.54, 1.807) is 11.3 Å². The molecule has 0 radical (unpaired) electrons. The average molecular weight is 298 g/mol. The molecule has 4 aromatic rings. The molecule has 0 saturated carbocycles. The van der Waals surface area contributed by atoms with Crippen molar-refractivity contribution in [3.63, 3.8) is 0 Å². The number of nitrogens with zero attached hydrogens (tertiary/aromatic N) is 2. The number of hydrogen-bond acceptors (Lipinski definition) is 6. The largest absolute Gasteiger partial charge is 0.399 e. The second-order valence-corrected chi connectivity index (χ2v) is 6.57. The predicted molar refractivity (Wildman–Crippen MR) is 87.1 cm³/mol. The molecule has 4 N–H and O–H groups in total. The first-order valence-corrected chi connectivity index (χ1v) is 7.65. The summed E-state index contributed by atoms with van der Waals surface area (Å²) in [6.45, 7) is 0. The molecule has 98 valence electrons. The number of anilines is 2. The number of nitrogen functional groups attached to an aromatic ring is 2. The topological polar surface area (TPSA) is 77.8 Å². The molecule has 2 aromatic carbocycles. The van der Waals surface area contributed by atoms with Gasteiger partial charge in [0, 0.05) is 11.3 Å². The quantitative estimate of drug-likeness (QED) is 0.525. The molecule has 0 saturated heterocycles. The molecule has 0 atom stereocenters. The maximum atomic E-state index is 5.81. The highest BCUT2D eigenvalue weighted by molar-refractivity contribution is 7.22. The second kappa shape index (κ2) is 4.16. The van der Waals surface area contributed by atoms with Crippen LogP contribution in [-0.2, 0) is 0 Å². The summed E-state index contributed by atoms with van der Waals surface area (Å²) in [5.41, 5.74) is 15.3. The van der Waals surface area contributed by atoms with Gasteiger partial charge in [-0.25, -0.2) is 9.97 Å². The first-order chi connectivity index (χ1) is 9.69. The number of thiazole rings is 2. The minimum atomic E-state index is 0.592. The van der Waals surface area contributed by atoms with Gasteiger partial charge >= 0.3 is 0 Å². The van der Waals surface area contributed by atoms with Crippen LogP contribution < -0.4 is 11.5 Å². The van der Waals surface area contributed by atoms with E-state index in [2.05, 4.69) is 16.0 Å². The summed E-state index contributed by atoms with van der Waals surface area (Å²) >= 11 is 3.14. The third kappa shape index (κ3) is 1.81. The van der Waals surface area contributed by atoms with Crippen molar-refractivity contribution in [3.8, 4) is 10.6 Å². The Kier molecular flexibility index (Phi) is 2.42. The molecule has 6 heteroatoms. The van der Waals surface area contributed by atoms with E-state index in [0.29, 0.717) is 5.13 Å². The van der Waals surface area contributed by atoms with Gasteiger partial charge in [0.25, 0.3) is 0 Å². The molecular weight excluding hydrogens is 288 g/mol. The maximum absolute atomic E-state index is 5.81. The molecule has 0 unspecified atom stereocenters. The number of hydrogen-bond donors (Lipinski definition) is 2. The van der Waals surface area contributed by atoms with E-state index in [-0.39, 0.29) is 0 Å². The van der Waals surface area contributed by atoms with Crippen LogP contribution in [0.5, 0.6) is 0 Å². The number of benzene rings is 2. The van der Waals surface area contributed by atoms with Gasteiger partial charge in [0.05, 0.1) is 20.4 Å².